The lowest BCUT2D eigenvalue weighted by Crippen LogP contribution is -2.31. The topological polar surface area (TPSA) is 129 Å². The molecular formula is C10H20N4O5. The van der Waals surface area contributed by atoms with Crippen molar-refractivity contribution >= 4 is 18.4 Å². The summed E-state index contributed by atoms with van der Waals surface area (Å²) < 4.78 is 0. The largest absolute Gasteiger partial charge is 0.465 e. The van der Waals surface area contributed by atoms with Gasteiger partial charge in [0.25, 0.3) is 0 Å². The molecule has 0 aliphatic heterocycles. The number of rotatable bonds is 12. The summed E-state index contributed by atoms with van der Waals surface area (Å²) in [6, 6.07) is 0. The Bertz CT molecular complexity index is 275. The van der Waals surface area contributed by atoms with Gasteiger partial charge in [0.05, 0.1) is 13.3 Å². The molecule has 3 amide bonds. The van der Waals surface area contributed by atoms with Gasteiger partial charge in [0.1, 0.15) is 0 Å². The summed E-state index contributed by atoms with van der Waals surface area (Å²) >= 11 is 0. The second-order valence-electron chi connectivity index (χ2n) is 3.55. The van der Waals surface area contributed by atoms with E-state index in [0.717, 1.165) is 13.0 Å². The third kappa shape index (κ3) is 14.2. The Balaban J connectivity index is 3.12. The van der Waals surface area contributed by atoms with Crippen molar-refractivity contribution in [3.05, 3.63) is 0 Å². The minimum Gasteiger partial charge on any atom is -0.465 e. The first-order valence-corrected chi connectivity index (χ1v) is 5.92. The van der Waals surface area contributed by atoms with Crippen molar-refractivity contribution in [1.82, 2.24) is 21.4 Å². The Morgan fingerprint density at radius 1 is 1.21 bits per heavy atom. The summed E-state index contributed by atoms with van der Waals surface area (Å²) in [4.78, 5) is 35.9. The molecule has 0 aliphatic carbocycles. The monoisotopic (exact) mass is 276 g/mol. The molecule has 0 fully saturated rings. The lowest BCUT2D eigenvalue weighted by atomic mass is 10.2. The van der Waals surface area contributed by atoms with Gasteiger partial charge in [-0.3, -0.25) is 19.7 Å². The smallest absolute Gasteiger partial charge is 0.411 e. The fourth-order valence-electron chi connectivity index (χ4n) is 1.17. The molecular weight excluding hydrogens is 256 g/mol. The van der Waals surface area contributed by atoms with E-state index >= 15 is 0 Å². The Labute approximate surface area is 111 Å². The maximum Gasteiger partial charge on any atom is 0.411 e. The molecule has 0 aromatic heterocycles. The number of hydroxylamine groups is 1. The van der Waals surface area contributed by atoms with Gasteiger partial charge in [0.2, 0.25) is 12.3 Å². The summed E-state index contributed by atoms with van der Waals surface area (Å²) in [5.74, 6) is -0.484. The number of imide groups is 1. The predicted molar refractivity (Wildman–Crippen MR) is 66.0 cm³/mol. The zero-order valence-corrected chi connectivity index (χ0v) is 10.6. The minimum absolute atomic E-state index is 0.198. The molecule has 0 radical (unpaired) electrons. The van der Waals surface area contributed by atoms with Gasteiger partial charge < -0.3 is 15.7 Å². The fraction of sp³-hybridized carbons (Fsp3) is 0.700. The normalized spacial score (nSPS) is 9.89. The quantitative estimate of drug-likeness (QED) is 0.130. The SMILES string of the molecule is O=CNCNOCCNCCCCC(=O)NC(=O)O. The highest BCUT2D eigenvalue weighted by Crippen LogP contribution is 1.93. The number of hydrogen-bond donors (Lipinski definition) is 5. The van der Waals surface area contributed by atoms with E-state index in [1.54, 1.807) is 5.32 Å². The third-order valence-electron chi connectivity index (χ3n) is 1.99. The van der Waals surface area contributed by atoms with Crippen LogP contribution in [0.4, 0.5) is 4.79 Å². The van der Waals surface area contributed by atoms with Crippen molar-refractivity contribution in [1.29, 1.82) is 0 Å². The first-order valence-electron chi connectivity index (χ1n) is 5.92. The molecule has 5 N–H and O–H groups in total. The standard InChI is InChI=1S/C10H20N4O5/c15-8-12-7-13-19-6-5-11-4-2-1-3-9(16)14-10(17)18/h8,11,13H,1-7H2,(H,12,15)(H,14,16)(H,17,18). The number of nitrogens with one attached hydrogen (secondary N) is 4. The van der Waals surface area contributed by atoms with Crippen LogP contribution in [0.1, 0.15) is 19.3 Å². The average molecular weight is 276 g/mol. The summed E-state index contributed by atoms with van der Waals surface area (Å²) in [5, 5.41) is 15.5. The van der Waals surface area contributed by atoms with E-state index in [2.05, 4.69) is 16.1 Å². The zero-order valence-electron chi connectivity index (χ0n) is 10.6. The van der Waals surface area contributed by atoms with Crippen molar-refractivity contribution < 1.29 is 24.3 Å². The summed E-state index contributed by atoms with van der Waals surface area (Å²) in [7, 11) is 0. The second kappa shape index (κ2) is 12.7. The Morgan fingerprint density at radius 2 is 2.00 bits per heavy atom. The summed E-state index contributed by atoms with van der Waals surface area (Å²) in [6.07, 6.45) is 0.831. The van der Waals surface area contributed by atoms with Crippen LogP contribution >= 0.6 is 0 Å². The van der Waals surface area contributed by atoms with Crippen LogP contribution in [0.25, 0.3) is 0 Å². The Morgan fingerprint density at radius 3 is 2.68 bits per heavy atom. The van der Waals surface area contributed by atoms with Crippen LogP contribution < -0.4 is 21.4 Å². The Kier molecular flexibility index (Phi) is 11.6. The van der Waals surface area contributed by atoms with Crippen molar-refractivity contribution in [2.75, 3.05) is 26.4 Å². The highest BCUT2D eigenvalue weighted by Gasteiger charge is 2.04. The van der Waals surface area contributed by atoms with Crippen molar-refractivity contribution in [2.45, 2.75) is 19.3 Å². The average Bonchev–Trinajstić information content (AvgIpc) is 2.35. The minimum atomic E-state index is -1.32. The molecule has 9 heteroatoms. The van der Waals surface area contributed by atoms with Crippen LogP contribution in [0.2, 0.25) is 0 Å². The van der Waals surface area contributed by atoms with Gasteiger partial charge in [-0.15, -0.1) is 0 Å². The number of amides is 3. The van der Waals surface area contributed by atoms with Crippen molar-refractivity contribution in [3.63, 3.8) is 0 Å². The highest BCUT2D eigenvalue weighted by atomic mass is 16.6. The van der Waals surface area contributed by atoms with Crippen LogP contribution in [0.3, 0.4) is 0 Å². The predicted octanol–water partition coefficient (Wildman–Crippen LogP) is -1.23. The summed E-state index contributed by atoms with van der Waals surface area (Å²) in [5.41, 5.74) is 2.53. The van der Waals surface area contributed by atoms with Crippen LogP contribution in [0.15, 0.2) is 0 Å². The fourth-order valence-corrected chi connectivity index (χ4v) is 1.17. The van der Waals surface area contributed by atoms with E-state index in [1.165, 1.54) is 0 Å². The molecule has 0 spiro atoms. The zero-order chi connectivity index (χ0) is 14.3. The summed E-state index contributed by atoms with van der Waals surface area (Å²) in [6.45, 7) is 2.05. The molecule has 0 aromatic rings. The molecule has 110 valence electrons. The van der Waals surface area contributed by atoms with Gasteiger partial charge in [0.15, 0.2) is 0 Å². The van der Waals surface area contributed by atoms with Gasteiger partial charge in [0, 0.05) is 13.0 Å². The lowest BCUT2D eigenvalue weighted by Gasteiger charge is -2.06. The molecule has 0 rings (SSSR count). The molecule has 0 heterocycles. The van der Waals surface area contributed by atoms with Gasteiger partial charge in [-0.2, -0.15) is 5.48 Å². The third-order valence-corrected chi connectivity index (χ3v) is 1.99. The molecule has 0 saturated carbocycles. The van der Waals surface area contributed by atoms with E-state index in [4.69, 9.17) is 9.94 Å². The van der Waals surface area contributed by atoms with Crippen LogP contribution in [-0.4, -0.2) is 49.9 Å². The molecule has 9 nitrogen and oxygen atoms in total. The van der Waals surface area contributed by atoms with Crippen LogP contribution in [0.5, 0.6) is 0 Å². The first kappa shape index (κ1) is 17.3. The first-order chi connectivity index (χ1) is 9.16. The number of unbranched alkanes of at least 4 members (excludes halogenated alkanes) is 1. The van der Waals surface area contributed by atoms with E-state index in [-0.39, 0.29) is 13.1 Å². The maximum absolute atomic E-state index is 10.9. The molecule has 0 aromatic carbocycles. The van der Waals surface area contributed by atoms with E-state index in [9.17, 15) is 14.4 Å². The molecule has 0 bridgehead atoms. The molecule has 19 heavy (non-hydrogen) atoms. The lowest BCUT2D eigenvalue weighted by molar-refractivity contribution is -0.120. The number of carbonyl (C=O) groups is 3. The molecule has 0 saturated heterocycles. The van der Waals surface area contributed by atoms with Gasteiger partial charge in [-0.05, 0) is 19.4 Å². The highest BCUT2D eigenvalue weighted by molar-refractivity contribution is 5.90. The van der Waals surface area contributed by atoms with Crippen molar-refractivity contribution in [3.8, 4) is 0 Å². The molecule has 0 aliphatic rings. The number of hydrogen-bond acceptors (Lipinski definition) is 6. The van der Waals surface area contributed by atoms with Gasteiger partial charge >= 0.3 is 6.09 Å². The Hall–Kier alpha value is -1.71. The maximum atomic E-state index is 10.9. The van der Waals surface area contributed by atoms with Crippen LogP contribution in [0, 0.1) is 0 Å². The number of carboxylic acid groups (broad SMARTS) is 1. The molecule has 0 atom stereocenters. The number of carbonyl (C=O) groups excluding carboxylic acids is 2. The van der Waals surface area contributed by atoms with Crippen molar-refractivity contribution in [2.24, 2.45) is 0 Å². The molecule has 0 unspecified atom stereocenters. The van der Waals surface area contributed by atoms with E-state index in [1.807, 2.05) is 0 Å². The van der Waals surface area contributed by atoms with E-state index in [0.29, 0.717) is 26.0 Å². The van der Waals surface area contributed by atoms with Crippen LogP contribution in [-0.2, 0) is 14.4 Å². The second-order valence-corrected chi connectivity index (χ2v) is 3.55. The van der Waals surface area contributed by atoms with Gasteiger partial charge in [-0.25, -0.2) is 4.79 Å². The van der Waals surface area contributed by atoms with Gasteiger partial charge in [-0.1, -0.05) is 0 Å². The van der Waals surface area contributed by atoms with E-state index < -0.39 is 12.0 Å².